The summed E-state index contributed by atoms with van der Waals surface area (Å²) in [5, 5.41) is 6.71. The zero-order valence-corrected chi connectivity index (χ0v) is 15.2. The summed E-state index contributed by atoms with van der Waals surface area (Å²) in [7, 11) is 0. The van der Waals surface area contributed by atoms with Crippen LogP contribution in [0.15, 0.2) is 47.8 Å². The molecule has 0 atom stereocenters. The Bertz CT molecular complexity index is 892. The van der Waals surface area contributed by atoms with Gasteiger partial charge in [0.15, 0.2) is 0 Å². The quantitative estimate of drug-likeness (QED) is 0.666. The van der Waals surface area contributed by atoms with Crippen LogP contribution in [-0.4, -0.2) is 10.9 Å². The molecule has 1 heterocycles. The Morgan fingerprint density at radius 2 is 2.04 bits per heavy atom. The summed E-state index contributed by atoms with van der Waals surface area (Å²) in [4.78, 5) is 16.7. The topological polar surface area (TPSA) is 42.0 Å². The molecular weight excluding hydrogens is 363 g/mol. The number of nitrogens with one attached hydrogen (secondary N) is 1. The van der Waals surface area contributed by atoms with Gasteiger partial charge >= 0.3 is 0 Å². The zero-order chi connectivity index (χ0) is 17.1. The molecule has 24 heavy (non-hydrogen) atoms. The van der Waals surface area contributed by atoms with Crippen molar-refractivity contribution in [2.45, 2.75) is 13.5 Å². The Balaban J connectivity index is 1.71. The number of benzene rings is 2. The summed E-state index contributed by atoms with van der Waals surface area (Å²) in [6.07, 6.45) is 0. The summed E-state index contributed by atoms with van der Waals surface area (Å²) >= 11 is 13.5. The van der Waals surface area contributed by atoms with E-state index >= 15 is 0 Å². The van der Waals surface area contributed by atoms with Crippen LogP contribution in [0.1, 0.15) is 21.6 Å². The second-order valence-corrected chi connectivity index (χ2v) is 7.00. The van der Waals surface area contributed by atoms with Crippen molar-refractivity contribution in [1.82, 2.24) is 10.3 Å². The van der Waals surface area contributed by atoms with Crippen molar-refractivity contribution >= 4 is 40.4 Å². The Hall–Kier alpha value is -1.88. The predicted molar refractivity (Wildman–Crippen MR) is 99.9 cm³/mol. The first-order valence-electron chi connectivity index (χ1n) is 7.27. The highest BCUT2D eigenvalue weighted by Gasteiger charge is 2.11. The van der Waals surface area contributed by atoms with Crippen molar-refractivity contribution in [1.29, 1.82) is 0 Å². The molecule has 3 rings (SSSR count). The molecule has 2 aromatic carbocycles. The number of aryl methyl sites for hydroxylation is 1. The van der Waals surface area contributed by atoms with Gasteiger partial charge in [-0.3, -0.25) is 4.79 Å². The summed E-state index contributed by atoms with van der Waals surface area (Å²) in [5.41, 5.74) is 3.46. The molecule has 3 aromatic rings. The van der Waals surface area contributed by atoms with Gasteiger partial charge in [-0.1, -0.05) is 41.4 Å². The third-order valence-electron chi connectivity index (χ3n) is 3.42. The molecule has 1 aromatic heterocycles. The minimum absolute atomic E-state index is 0.229. The number of carbonyl (C=O) groups excluding carboxylic acids is 1. The Labute approximate surface area is 154 Å². The van der Waals surface area contributed by atoms with E-state index in [1.807, 2.05) is 36.6 Å². The first-order chi connectivity index (χ1) is 11.5. The van der Waals surface area contributed by atoms with Gasteiger partial charge in [-0.05, 0) is 36.8 Å². The molecule has 122 valence electrons. The van der Waals surface area contributed by atoms with Crippen LogP contribution in [0, 0.1) is 6.92 Å². The standard InChI is InChI=1S/C18H14Cl2N2OS/c1-11-10-24-18(22-11)13-4-2-3-12(7-13)9-21-17(23)15-6-5-14(19)8-16(15)20/h2-8,10H,9H2,1H3,(H,21,23). The van der Waals surface area contributed by atoms with Gasteiger partial charge in [0.2, 0.25) is 0 Å². The summed E-state index contributed by atoms with van der Waals surface area (Å²) in [6.45, 7) is 2.38. The largest absolute Gasteiger partial charge is 0.348 e. The van der Waals surface area contributed by atoms with Crippen molar-refractivity contribution in [3.63, 3.8) is 0 Å². The first kappa shape index (κ1) is 17.0. The predicted octanol–water partition coefficient (Wildman–Crippen LogP) is 5.36. The fourth-order valence-corrected chi connectivity index (χ4v) is 3.54. The first-order valence-corrected chi connectivity index (χ1v) is 8.91. The van der Waals surface area contributed by atoms with Crippen LogP contribution in [0.5, 0.6) is 0 Å². The molecule has 0 saturated heterocycles. The molecule has 0 unspecified atom stereocenters. The van der Waals surface area contributed by atoms with E-state index in [2.05, 4.69) is 10.3 Å². The number of halogens is 2. The Morgan fingerprint density at radius 3 is 2.75 bits per heavy atom. The van der Waals surface area contributed by atoms with Crippen LogP contribution in [0.25, 0.3) is 10.6 Å². The molecular formula is C18H14Cl2N2OS. The molecule has 1 N–H and O–H groups in total. The Morgan fingerprint density at radius 1 is 1.21 bits per heavy atom. The molecule has 0 spiro atoms. The van der Waals surface area contributed by atoms with Crippen molar-refractivity contribution in [2.75, 3.05) is 0 Å². The third-order valence-corrected chi connectivity index (χ3v) is 4.98. The van der Waals surface area contributed by atoms with Crippen LogP contribution in [0.3, 0.4) is 0 Å². The highest BCUT2D eigenvalue weighted by atomic mass is 35.5. The number of rotatable bonds is 4. The van der Waals surface area contributed by atoms with Crippen molar-refractivity contribution in [3.8, 4) is 10.6 Å². The van der Waals surface area contributed by atoms with Gasteiger partial charge in [-0.15, -0.1) is 11.3 Å². The lowest BCUT2D eigenvalue weighted by molar-refractivity contribution is 0.0951. The van der Waals surface area contributed by atoms with E-state index < -0.39 is 0 Å². The molecule has 0 radical (unpaired) electrons. The second-order valence-electron chi connectivity index (χ2n) is 5.30. The van der Waals surface area contributed by atoms with Crippen LogP contribution in [0.4, 0.5) is 0 Å². The number of amides is 1. The van der Waals surface area contributed by atoms with Crippen LogP contribution in [-0.2, 0) is 6.54 Å². The maximum Gasteiger partial charge on any atom is 0.253 e. The van der Waals surface area contributed by atoms with Crippen LogP contribution >= 0.6 is 34.5 Å². The summed E-state index contributed by atoms with van der Waals surface area (Å²) in [5.74, 6) is -0.229. The molecule has 0 aliphatic carbocycles. The molecule has 6 heteroatoms. The van der Waals surface area contributed by atoms with Crippen LogP contribution in [0.2, 0.25) is 10.0 Å². The van der Waals surface area contributed by atoms with Gasteiger partial charge in [-0.2, -0.15) is 0 Å². The smallest absolute Gasteiger partial charge is 0.253 e. The highest BCUT2D eigenvalue weighted by Crippen LogP contribution is 2.24. The normalized spacial score (nSPS) is 10.6. The molecule has 0 bridgehead atoms. The van der Waals surface area contributed by atoms with Gasteiger partial charge < -0.3 is 5.32 Å². The fourth-order valence-electron chi connectivity index (χ4n) is 2.25. The van der Waals surface area contributed by atoms with E-state index in [9.17, 15) is 4.79 Å². The SMILES string of the molecule is Cc1csc(-c2cccc(CNC(=O)c3ccc(Cl)cc3Cl)c2)n1. The van der Waals surface area contributed by atoms with Gasteiger partial charge in [-0.25, -0.2) is 4.98 Å². The van der Waals surface area contributed by atoms with Crippen molar-refractivity contribution in [2.24, 2.45) is 0 Å². The van der Waals surface area contributed by atoms with Crippen LogP contribution < -0.4 is 5.32 Å². The van der Waals surface area contributed by atoms with E-state index in [0.29, 0.717) is 22.2 Å². The number of thiazole rings is 1. The minimum Gasteiger partial charge on any atom is -0.348 e. The number of nitrogens with zero attached hydrogens (tertiary/aromatic N) is 1. The van der Waals surface area contributed by atoms with Gasteiger partial charge in [0.1, 0.15) is 5.01 Å². The maximum absolute atomic E-state index is 12.3. The van der Waals surface area contributed by atoms with Gasteiger partial charge in [0, 0.05) is 28.2 Å². The lowest BCUT2D eigenvalue weighted by Gasteiger charge is -2.08. The van der Waals surface area contributed by atoms with E-state index in [1.54, 1.807) is 29.5 Å². The second kappa shape index (κ2) is 7.34. The fraction of sp³-hybridized carbons (Fsp3) is 0.111. The van der Waals surface area contributed by atoms with Crippen molar-refractivity contribution in [3.05, 3.63) is 74.7 Å². The molecule has 0 aliphatic heterocycles. The average molecular weight is 377 g/mol. The van der Waals surface area contributed by atoms with Gasteiger partial charge in [0.05, 0.1) is 10.6 Å². The third kappa shape index (κ3) is 3.96. The zero-order valence-electron chi connectivity index (χ0n) is 12.8. The van der Waals surface area contributed by atoms with E-state index in [0.717, 1.165) is 21.8 Å². The average Bonchev–Trinajstić information content (AvgIpc) is 2.99. The maximum atomic E-state index is 12.3. The summed E-state index contributed by atoms with van der Waals surface area (Å²) in [6, 6.07) is 12.8. The number of hydrogen-bond acceptors (Lipinski definition) is 3. The Kier molecular flexibility index (Phi) is 5.19. The lowest BCUT2D eigenvalue weighted by atomic mass is 10.1. The molecule has 3 nitrogen and oxygen atoms in total. The van der Waals surface area contributed by atoms with E-state index in [-0.39, 0.29) is 5.91 Å². The number of aromatic nitrogens is 1. The molecule has 0 saturated carbocycles. The highest BCUT2D eigenvalue weighted by molar-refractivity contribution is 7.13. The number of hydrogen-bond donors (Lipinski definition) is 1. The summed E-state index contributed by atoms with van der Waals surface area (Å²) < 4.78 is 0. The monoisotopic (exact) mass is 376 g/mol. The molecule has 0 aliphatic rings. The van der Waals surface area contributed by atoms with E-state index in [1.165, 1.54) is 0 Å². The molecule has 1 amide bonds. The van der Waals surface area contributed by atoms with Gasteiger partial charge in [0.25, 0.3) is 5.91 Å². The van der Waals surface area contributed by atoms with E-state index in [4.69, 9.17) is 23.2 Å². The minimum atomic E-state index is -0.229. The lowest BCUT2D eigenvalue weighted by Crippen LogP contribution is -2.23. The molecule has 0 fully saturated rings. The number of carbonyl (C=O) groups is 1. The van der Waals surface area contributed by atoms with Crippen molar-refractivity contribution < 1.29 is 4.79 Å².